The molecular weight excluding hydrogens is 208 g/mol. The Balaban J connectivity index is 2.09. The van der Waals surface area contributed by atoms with E-state index in [0.29, 0.717) is 0 Å². The van der Waals surface area contributed by atoms with Gasteiger partial charge in [-0.05, 0) is 25.0 Å². The van der Waals surface area contributed by atoms with Crippen LogP contribution in [0.4, 0.5) is 0 Å². The highest BCUT2D eigenvalue weighted by Crippen LogP contribution is 2.21. The van der Waals surface area contributed by atoms with E-state index < -0.39 is 6.17 Å². The van der Waals surface area contributed by atoms with Crippen molar-refractivity contribution in [1.82, 2.24) is 9.96 Å². The minimum Gasteiger partial charge on any atom is -0.393 e. The lowest BCUT2D eigenvalue weighted by molar-refractivity contribution is -0.0908. The van der Waals surface area contributed by atoms with Crippen LogP contribution in [0.3, 0.4) is 0 Å². The molecule has 0 saturated carbocycles. The van der Waals surface area contributed by atoms with Crippen LogP contribution in [-0.2, 0) is 0 Å². The van der Waals surface area contributed by atoms with E-state index in [1.165, 1.54) is 0 Å². The van der Waals surface area contributed by atoms with Crippen molar-refractivity contribution in [3.8, 4) is 0 Å². The largest absolute Gasteiger partial charge is 0.393 e. The van der Waals surface area contributed by atoms with E-state index in [1.54, 1.807) is 6.08 Å². The highest BCUT2D eigenvalue weighted by atomic mass is 16.5. The molecule has 6 nitrogen and oxygen atoms in total. The maximum Gasteiger partial charge on any atom is 0.145 e. The molecule has 0 aromatic heterocycles. The van der Waals surface area contributed by atoms with Gasteiger partial charge in [0, 0.05) is 13.1 Å². The van der Waals surface area contributed by atoms with Gasteiger partial charge in [0.25, 0.3) is 0 Å². The molecule has 0 amide bonds. The summed E-state index contributed by atoms with van der Waals surface area (Å²) in [6.07, 6.45) is 4.07. The molecule has 0 aromatic carbocycles. The number of hydroxylamine groups is 2. The standard InChI is InChI=1S/C10H18N4O2/c11-9-2-1-8(10(12)14(9)16)13-5-3-7(15)4-6-13/h1-2,7,10,15-16H,3-6,11-12H2. The van der Waals surface area contributed by atoms with Crippen LogP contribution in [0.5, 0.6) is 0 Å². The molecule has 1 saturated heterocycles. The van der Waals surface area contributed by atoms with E-state index in [-0.39, 0.29) is 11.9 Å². The maximum atomic E-state index is 9.60. The molecule has 2 rings (SSSR count). The zero-order chi connectivity index (χ0) is 11.7. The first kappa shape index (κ1) is 11.3. The molecule has 0 bridgehead atoms. The number of likely N-dealkylation sites (tertiary alicyclic amines) is 1. The molecular formula is C10H18N4O2. The number of aliphatic hydroxyl groups is 1. The van der Waals surface area contributed by atoms with Gasteiger partial charge in [-0.15, -0.1) is 0 Å². The van der Waals surface area contributed by atoms with Crippen LogP contribution in [0.15, 0.2) is 23.7 Å². The number of nitrogens with two attached hydrogens (primary N) is 2. The Morgan fingerprint density at radius 1 is 1.25 bits per heavy atom. The lowest BCUT2D eigenvalue weighted by Crippen LogP contribution is -2.50. The van der Waals surface area contributed by atoms with Crippen LogP contribution in [0.25, 0.3) is 0 Å². The first-order valence-corrected chi connectivity index (χ1v) is 5.43. The maximum absolute atomic E-state index is 9.60. The van der Waals surface area contributed by atoms with Gasteiger partial charge in [-0.2, -0.15) is 0 Å². The number of hydrogen-bond donors (Lipinski definition) is 4. The lowest BCUT2D eigenvalue weighted by Gasteiger charge is -2.39. The molecule has 6 N–H and O–H groups in total. The van der Waals surface area contributed by atoms with Gasteiger partial charge in [0.05, 0.1) is 11.8 Å². The van der Waals surface area contributed by atoms with Crippen LogP contribution in [-0.4, -0.2) is 45.6 Å². The molecule has 90 valence electrons. The smallest absolute Gasteiger partial charge is 0.145 e. The third-order valence-electron chi connectivity index (χ3n) is 3.09. The molecule has 1 fully saturated rings. The quantitative estimate of drug-likeness (QED) is 0.463. The SMILES string of the molecule is NC1=CC=C(N2CCC(O)CC2)C(N)N1O. The van der Waals surface area contributed by atoms with Crippen LogP contribution in [0.2, 0.25) is 0 Å². The highest BCUT2D eigenvalue weighted by Gasteiger charge is 2.27. The molecule has 16 heavy (non-hydrogen) atoms. The van der Waals surface area contributed by atoms with Crippen LogP contribution in [0, 0.1) is 0 Å². The summed E-state index contributed by atoms with van der Waals surface area (Å²) in [4.78, 5) is 2.07. The van der Waals surface area contributed by atoms with E-state index in [4.69, 9.17) is 11.5 Å². The molecule has 2 aliphatic heterocycles. The van der Waals surface area contributed by atoms with Crippen LogP contribution in [0.1, 0.15) is 12.8 Å². The van der Waals surface area contributed by atoms with Crippen molar-refractivity contribution in [3.05, 3.63) is 23.7 Å². The molecule has 2 heterocycles. The Kier molecular flexibility index (Phi) is 3.04. The third-order valence-corrected chi connectivity index (χ3v) is 3.09. The fourth-order valence-corrected chi connectivity index (χ4v) is 2.05. The first-order chi connectivity index (χ1) is 7.59. The summed E-state index contributed by atoms with van der Waals surface area (Å²) in [6.45, 7) is 1.50. The Morgan fingerprint density at radius 3 is 2.50 bits per heavy atom. The molecule has 6 heteroatoms. The second kappa shape index (κ2) is 4.32. The van der Waals surface area contributed by atoms with E-state index in [9.17, 15) is 10.3 Å². The molecule has 0 aliphatic carbocycles. The summed E-state index contributed by atoms with van der Waals surface area (Å²) >= 11 is 0. The van der Waals surface area contributed by atoms with Gasteiger partial charge in [-0.3, -0.25) is 5.21 Å². The Labute approximate surface area is 94.4 Å². The van der Waals surface area contributed by atoms with Gasteiger partial charge in [0.1, 0.15) is 12.0 Å². The normalized spacial score (nSPS) is 27.8. The van der Waals surface area contributed by atoms with Crippen molar-refractivity contribution in [1.29, 1.82) is 0 Å². The summed E-state index contributed by atoms with van der Waals surface area (Å²) in [5.74, 6) is 0.244. The number of allylic oxidation sites excluding steroid dienone is 2. The average Bonchev–Trinajstić information content (AvgIpc) is 2.28. The molecule has 0 aromatic rings. The van der Waals surface area contributed by atoms with Gasteiger partial charge in [0.2, 0.25) is 0 Å². The zero-order valence-corrected chi connectivity index (χ0v) is 9.08. The molecule has 1 atom stereocenters. The fourth-order valence-electron chi connectivity index (χ4n) is 2.05. The summed E-state index contributed by atoms with van der Waals surface area (Å²) in [6, 6.07) is 0. The van der Waals surface area contributed by atoms with Crippen molar-refractivity contribution in [2.24, 2.45) is 11.5 Å². The lowest BCUT2D eigenvalue weighted by atomic mass is 10.1. The van der Waals surface area contributed by atoms with E-state index in [0.717, 1.165) is 36.7 Å². The van der Waals surface area contributed by atoms with E-state index >= 15 is 0 Å². The van der Waals surface area contributed by atoms with Crippen LogP contribution >= 0.6 is 0 Å². The summed E-state index contributed by atoms with van der Waals surface area (Å²) in [5, 5.41) is 19.9. The molecule has 0 radical (unpaired) electrons. The van der Waals surface area contributed by atoms with Gasteiger partial charge in [0.15, 0.2) is 0 Å². The van der Waals surface area contributed by atoms with Gasteiger partial charge in [-0.25, -0.2) is 5.06 Å². The minimum atomic E-state index is -0.625. The topological polar surface area (TPSA) is 99.0 Å². The van der Waals surface area contributed by atoms with Gasteiger partial charge >= 0.3 is 0 Å². The van der Waals surface area contributed by atoms with Crippen molar-refractivity contribution in [3.63, 3.8) is 0 Å². The van der Waals surface area contributed by atoms with Crippen LogP contribution < -0.4 is 11.5 Å². The van der Waals surface area contributed by atoms with E-state index in [2.05, 4.69) is 4.90 Å². The van der Waals surface area contributed by atoms with Crippen molar-refractivity contribution >= 4 is 0 Å². The average molecular weight is 226 g/mol. The third kappa shape index (κ3) is 1.99. The summed E-state index contributed by atoms with van der Waals surface area (Å²) < 4.78 is 0. The number of aliphatic hydroxyl groups excluding tert-OH is 1. The van der Waals surface area contributed by atoms with Gasteiger partial charge < -0.3 is 21.5 Å². The Morgan fingerprint density at radius 2 is 1.88 bits per heavy atom. The molecule has 1 unspecified atom stereocenters. The monoisotopic (exact) mass is 226 g/mol. The minimum absolute atomic E-state index is 0.220. The molecule has 2 aliphatic rings. The van der Waals surface area contributed by atoms with Crippen molar-refractivity contribution in [2.45, 2.75) is 25.1 Å². The Hall–Kier alpha value is -1.24. The van der Waals surface area contributed by atoms with Crippen molar-refractivity contribution < 1.29 is 10.3 Å². The predicted octanol–water partition coefficient (Wildman–Crippen LogP) is -0.883. The van der Waals surface area contributed by atoms with Gasteiger partial charge in [-0.1, -0.05) is 0 Å². The highest BCUT2D eigenvalue weighted by molar-refractivity contribution is 5.24. The Bertz CT molecular complexity index is 321. The zero-order valence-electron chi connectivity index (χ0n) is 9.08. The fraction of sp³-hybridized carbons (Fsp3) is 0.600. The number of nitrogens with zero attached hydrogens (tertiary/aromatic N) is 2. The summed E-state index contributed by atoms with van der Waals surface area (Å²) in [5.41, 5.74) is 12.2. The number of hydrogen-bond acceptors (Lipinski definition) is 6. The number of rotatable bonds is 1. The second-order valence-electron chi connectivity index (χ2n) is 4.19. The van der Waals surface area contributed by atoms with E-state index in [1.807, 2.05) is 6.08 Å². The number of piperidine rings is 1. The first-order valence-electron chi connectivity index (χ1n) is 5.43. The molecule has 0 spiro atoms. The summed E-state index contributed by atoms with van der Waals surface area (Å²) in [7, 11) is 0. The second-order valence-corrected chi connectivity index (χ2v) is 4.19. The predicted molar refractivity (Wildman–Crippen MR) is 58.8 cm³/mol. The van der Waals surface area contributed by atoms with Crippen molar-refractivity contribution in [2.75, 3.05) is 13.1 Å².